The van der Waals surface area contributed by atoms with Crippen LogP contribution in [0.5, 0.6) is 0 Å². The van der Waals surface area contributed by atoms with Crippen LogP contribution >= 0.6 is 11.6 Å². The number of unbranched alkanes of at least 4 members (excludes halogenated alkanes) is 5. The predicted molar refractivity (Wildman–Crippen MR) is 59.3 cm³/mol. The van der Waals surface area contributed by atoms with Gasteiger partial charge in [-0.1, -0.05) is 36.9 Å². The molecular weight excluding hydrogens is 200 g/mol. The lowest BCUT2D eigenvalue weighted by Gasteiger charge is -1.99. The predicted octanol–water partition coefficient (Wildman–Crippen LogP) is 3.64. The van der Waals surface area contributed by atoms with Gasteiger partial charge in [-0.05, 0) is 19.3 Å². The van der Waals surface area contributed by atoms with E-state index in [1.807, 2.05) is 6.08 Å². The number of carbonyl (C=O) groups excluding carboxylic acids is 1. The molecule has 0 heterocycles. The monoisotopic (exact) mass is 218 g/mol. The Labute approximate surface area is 91.3 Å². The molecule has 14 heavy (non-hydrogen) atoms. The van der Waals surface area contributed by atoms with Crippen LogP contribution < -0.4 is 0 Å². The van der Waals surface area contributed by atoms with Crippen LogP contribution in [0.1, 0.15) is 44.9 Å². The largest absolute Gasteiger partial charge is 0.469 e. The Bertz CT molecular complexity index is 167. The van der Waals surface area contributed by atoms with Gasteiger partial charge in [-0.3, -0.25) is 4.79 Å². The molecular formula is C11H19ClO2. The van der Waals surface area contributed by atoms with Crippen molar-refractivity contribution in [3.8, 4) is 0 Å². The van der Waals surface area contributed by atoms with Crippen LogP contribution in [0.3, 0.4) is 0 Å². The van der Waals surface area contributed by atoms with E-state index in [0.717, 1.165) is 19.3 Å². The molecule has 0 bridgehead atoms. The smallest absolute Gasteiger partial charge is 0.305 e. The van der Waals surface area contributed by atoms with Crippen molar-refractivity contribution in [1.29, 1.82) is 0 Å². The summed E-state index contributed by atoms with van der Waals surface area (Å²) in [7, 11) is 1.43. The molecule has 82 valence electrons. The fourth-order valence-electron chi connectivity index (χ4n) is 1.23. The van der Waals surface area contributed by atoms with E-state index in [-0.39, 0.29) is 5.97 Å². The maximum absolute atomic E-state index is 10.7. The number of carbonyl (C=O) groups is 1. The minimum Gasteiger partial charge on any atom is -0.469 e. The average molecular weight is 219 g/mol. The topological polar surface area (TPSA) is 26.3 Å². The van der Waals surface area contributed by atoms with Crippen molar-refractivity contribution in [3.63, 3.8) is 0 Å². The van der Waals surface area contributed by atoms with Crippen LogP contribution in [0.15, 0.2) is 11.6 Å². The third-order valence-corrected chi connectivity index (χ3v) is 2.25. The number of methoxy groups -OCH3 is 1. The maximum Gasteiger partial charge on any atom is 0.305 e. The lowest BCUT2D eigenvalue weighted by Crippen LogP contribution is -1.98. The van der Waals surface area contributed by atoms with E-state index in [1.165, 1.54) is 26.4 Å². The second kappa shape index (κ2) is 10.6. The fourth-order valence-corrected chi connectivity index (χ4v) is 1.35. The molecule has 0 aromatic carbocycles. The highest BCUT2D eigenvalue weighted by molar-refractivity contribution is 6.25. The third-order valence-electron chi connectivity index (χ3n) is 2.07. The van der Waals surface area contributed by atoms with Crippen molar-refractivity contribution in [1.82, 2.24) is 0 Å². The van der Waals surface area contributed by atoms with Gasteiger partial charge in [-0.25, -0.2) is 0 Å². The van der Waals surface area contributed by atoms with Crippen molar-refractivity contribution in [2.24, 2.45) is 0 Å². The van der Waals surface area contributed by atoms with E-state index in [4.69, 9.17) is 11.6 Å². The van der Waals surface area contributed by atoms with Gasteiger partial charge in [-0.2, -0.15) is 0 Å². The molecule has 0 radical (unpaired) electrons. The summed E-state index contributed by atoms with van der Waals surface area (Å²) in [6, 6.07) is 0. The molecule has 0 amide bonds. The Kier molecular flexibility index (Phi) is 10.2. The molecule has 0 aliphatic rings. The summed E-state index contributed by atoms with van der Waals surface area (Å²) in [4.78, 5) is 10.7. The molecule has 2 nitrogen and oxygen atoms in total. The van der Waals surface area contributed by atoms with E-state index in [2.05, 4.69) is 4.74 Å². The first-order chi connectivity index (χ1) is 6.81. The Hall–Kier alpha value is -0.500. The van der Waals surface area contributed by atoms with Crippen LogP contribution in [0, 0.1) is 0 Å². The molecule has 0 rings (SSSR count). The van der Waals surface area contributed by atoms with Gasteiger partial charge in [0.25, 0.3) is 0 Å². The lowest BCUT2D eigenvalue weighted by molar-refractivity contribution is -0.140. The van der Waals surface area contributed by atoms with Crippen molar-refractivity contribution in [2.45, 2.75) is 44.9 Å². The van der Waals surface area contributed by atoms with E-state index < -0.39 is 0 Å². The lowest BCUT2D eigenvalue weighted by atomic mass is 10.1. The van der Waals surface area contributed by atoms with E-state index in [1.54, 1.807) is 5.54 Å². The molecule has 0 saturated carbocycles. The normalized spacial score (nSPS) is 10.7. The molecule has 0 aromatic heterocycles. The van der Waals surface area contributed by atoms with Gasteiger partial charge in [-0.15, -0.1) is 0 Å². The quantitative estimate of drug-likeness (QED) is 0.459. The number of hydrogen-bond donors (Lipinski definition) is 0. The molecule has 0 aliphatic heterocycles. The van der Waals surface area contributed by atoms with Gasteiger partial charge in [0.05, 0.1) is 7.11 Å². The van der Waals surface area contributed by atoms with Crippen molar-refractivity contribution in [2.75, 3.05) is 7.11 Å². The average Bonchev–Trinajstić information content (AvgIpc) is 2.21. The number of esters is 1. The molecule has 0 spiro atoms. The molecule has 0 saturated heterocycles. The number of rotatable bonds is 8. The highest BCUT2D eigenvalue weighted by Gasteiger charge is 1.98. The Morgan fingerprint density at radius 3 is 2.50 bits per heavy atom. The first-order valence-corrected chi connectivity index (χ1v) is 5.57. The summed E-state index contributed by atoms with van der Waals surface area (Å²) >= 11 is 5.38. The summed E-state index contributed by atoms with van der Waals surface area (Å²) < 4.78 is 4.55. The van der Waals surface area contributed by atoms with Gasteiger partial charge < -0.3 is 4.74 Å². The van der Waals surface area contributed by atoms with Gasteiger partial charge in [0, 0.05) is 12.0 Å². The van der Waals surface area contributed by atoms with Crippen LogP contribution in [-0.2, 0) is 9.53 Å². The molecule has 0 aromatic rings. The highest BCUT2D eigenvalue weighted by Crippen LogP contribution is 2.08. The molecule has 0 aliphatic carbocycles. The first-order valence-electron chi connectivity index (χ1n) is 5.13. The van der Waals surface area contributed by atoms with Crippen molar-refractivity contribution >= 4 is 17.6 Å². The Morgan fingerprint density at radius 1 is 1.21 bits per heavy atom. The minimum absolute atomic E-state index is 0.102. The summed E-state index contributed by atoms with van der Waals surface area (Å²) in [6.45, 7) is 0. The number of halogens is 1. The number of hydrogen-bond acceptors (Lipinski definition) is 2. The zero-order valence-electron chi connectivity index (χ0n) is 8.80. The van der Waals surface area contributed by atoms with E-state index >= 15 is 0 Å². The fraction of sp³-hybridized carbons (Fsp3) is 0.727. The SMILES string of the molecule is COC(=O)CCCCCCC/C=C/Cl. The van der Waals surface area contributed by atoms with Crippen LogP contribution in [0.2, 0.25) is 0 Å². The Balaban J connectivity index is 3.02. The molecule has 0 atom stereocenters. The standard InChI is InChI=1S/C11H19ClO2/c1-14-11(13)9-7-5-3-2-4-6-8-10-12/h8,10H,2-7,9H2,1H3/b10-8+. The highest BCUT2D eigenvalue weighted by atomic mass is 35.5. The van der Waals surface area contributed by atoms with Gasteiger partial charge in [0.1, 0.15) is 0 Å². The summed E-state index contributed by atoms with van der Waals surface area (Å²) in [6.07, 6.45) is 9.21. The summed E-state index contributed by atoms with van der Waals surface area (Å²) in [5.74, 6) is -0.102. The zero-order chi connectivity index (χ0) is 10.6. The van der Waals surface area contributed by atoms with Crippen molar-refractivity contribution in [3.05, 3.63) is 11.6 Å². The van der Waals surface area contributed by atoms with Gasteiger partial charge >= 0.3 is 5.97 Å². The third kappa shape index (κ3) is 9.59. The van der Waals surface area contributed by atoms with E-state index in [9.17, 15) is 4.79 Å². The second-order valence-electron chi connectivity index (χ2n) is 3.24. The molecule has 3 heteroatoms. The van der Waals surface area contributed by atoms with Crippen LogP contribution in [-0.4, -0.2) is 13.1 Å². The number of allylic oxidation sites excluding steroid dienone is 1. The summed E-state index contributed by atoms with van der Waals surface area (Å²) in [5, 5.41) is 0. The second-order valence-corrected chi connectivity index (χ2v) is 3.50. The van der Waals surface area contributed by atoms with Crippen LogP contribution in [0.25, 0.3) is 0 Å². The molecule has 0 fully saturated rings. The maximum atomic E-state index is 10.7. The minimum atomic E-state index is -0.102. The van der Waals surface area contributed by atoms with Crippen molar-refractivity contribution < 1.29 is 9.53 Å². The first kappa shape index (κ1) is 13.5. The van der Waals surface area contributed by atoms with Gasteiger partial charge in [0.15, 0.2) is 0 Å². The van der Waals surface area contributed by atoms with E-state index in [0.29, 0.717) is 6.42 Å². The zero-order valence-corrected chi connectivity index (χ0v) is 9.55. The van der Waals surface area contributed by atoms with Crippen LogP contribution in [0.4, 0.5) is 0 Å². The molecule has 0 unspecified atom stereocenters. The molecule has 0 N–H and O–H groups in total. The summed E-state index contributed by atoms with van der Waals surface area (Å²) in [5.41, 5.74) is 1.57. The number of ether oxygens (including phenoxy) is 1. The Morgan fingerprint density at radius 2 is 1.86 bits per heavy atom. The van der Waals surface area contributed by atoms with Gasteiger partial charge in [0.2, 0.25) is 0 Å².